The minimum Gasteiger partial charge on any atom is -0.457 e. The number of hydrogen-bond donors (Lipinski definition) is 1. The highest BCUT2D eigenvalue weighted by atomic mass is 35.5. The largest absolute Gasteiger partial charge is 0.457 e. The third-order valence-corrected chi connectivity index (χ3v) is 3.63. The lowest BCUT2D eigenvalue weighted by Gasteiger charge is -2.13. The molecular formula is C17H18ClNO. The first-order valence-electron chi connectivity index (χ1n) is 6.97. The van der Waals surface area contributed by atoms with E-state index in [1.54, 1.807) is 0 Å². The monoisotopic (exact) mass is 287 g/mol. The van der Waals surface area contributed by atoms with Crippen LogP contribution in [0.2, 0.25) is 5.02 Å². The van der Waals surface area contributed by atoms with E-state index in [-0.39, 0.29) is 0 Å². The van der Waals surface area contributed by atoms with Gasteiger partial charge in [-0.15, -0.1) is 0 Å². The van der Waals surface area contributed by atoms with Crippen molar-refractivity contribution in [2.75, 3.05) is 0 Å². The van der Waals surface area contributed by atoms with Gasteiger partial charge in [-0.3, -0.25) is 0 Å². The van der Waals surface area contributed by atoms with Crippen LogP contribution in [0.3, 0.4) is 0 Å². The van der Waals surface area contributed by atoms with Crippen molar-refractivity contribution in [3.8, 4) is 11.5 Å². The summed E-state index contributed by atoms with van der Waals surface area (Å²) >= 11 is 5.99. The second-order valence-corrected chi connectivity index (χ2v) is 5.76. The Morgan fingerprint density at radius 1 is 1.20 bits per heavy atom. The van der Waals surface area contributed by atoms with Gasteiger partial charge in [0.2, 0.25) is 0 Å². The molecule has 1 aliphatic carbocycles. The highest BCUT2D eigenvalue weighted by Gasteiger charge is 2.20. The Morgan fingerprint density at radius 3 is 2.80 bits per heavy atom. The molecule has 1 aliphatic rings. The van der Waals surface area contributed by atoms with Crippen molar-refractivity contribution in [3.05, 3.63) is 58.6 Å². The number of halogens is 1. The van der Waals surface area contributed by atoms with Gasteiger partial charge >= 0.3 is 0 Å². The average molecular weight is 288 g/mol. The second-order valence-electron chi connectivity index (χ2n) is 5.33. The number of ether oxygens (including phenoxy) is 1. The standard InChI is InChI=1S/C17H18ClNO/c1-12-5-8-17(13(9-12)11-19-15-6-7-15)20-16-4-2-3-14(18)10-16/h2-5,8-10,15,19H,6-7,11H2,1H3. The van der Waals surface area contributed by atoms with E-state index >= 15 is 0 Å². The lowest BCUT2D eigenvalue weighted by molar-refractivity contribution is 0.472. The zero-order chi connectivity index (χ0) is 13.9. The van der Waals surface area contributed by atoms with Crippen molar-refractivity contribution in [3.63, 3.8) is 0 Å². The van der Waals surface area contributed by atoms with E-state index in [0.29, 0.717) is 11.1 Å². The lowest BCUT2D eigenvalue weighted by atomic mass is 10.1. The Bertz CT molecular complexity index is 608. The minimum absolute atomic E-state index is 0.687. The third-order valence-electron chi connectivity index (χ3n) is 3.40. The molecule has 0 saturated heterocycles. The molecular weight excluding hydrogens is 270 g/mol. The fourth-order valence-corrected chi connectivity index (χ4v) is 2.33. The average Bonchev–Trinajstić information content (AvgIpc) is 3.23. The van der Waals surface area contributed by atoms with Gasteiger partial charge in [0, 0.05) is 23.2 Å². The normalized spacial score (nSPS) is 14.3. The third kappa shape index (κ3) is 3.53. The summed E-state index contributed by atoms with van der Waals surface area (Å²) in [5.41, 5.74) is 2.44. The highest BCUT2D eigenvalue weighted by Crippen LogP contribution is 2.29. The molecule has 0 atom stereocenters. The molecule has 2 aromatic rings. The van der Waals surface area contributed by atoms with Crippen LogP contribution in [-0.2, 0) is 6.54 Å². The van der Waals surface area contributed by atoms with Crippen molar-refractivity contribution in [2.45, 2.75) is 32.4 Å². The maximum atomic E-state index is 5.99. The predicted molar refractivity (Wildman–Crippen MR) is 82.6 cm³/mol. The van der Waals surface area contributed by atoms with E-state index in [2.05, 4.69) is 24.4 Å². The molecule has 3 rings (SSSR count). The molecule has 0 bridgehead atoms. The van der Waals surface area contributed by atoms with Crippen molar-refractivity contribution in [2.24, 2.45) is 0 Å². The summed E-state index contributed by atoms with van der Waals surface area (Å²) in [6.45, 7) is 2.95. The number of nitrogens with one attached hydrogen (secondary N) is 1. The number of aryl methyl sites for hydroxylation is 1. The topological polar surface area (TPSA) is 21.3 Å². The Hall–Kier alpha value is -1.51. The van der Waals surface area contributed by atoms with Gasteiger partial charge < -0.3 is 10.1 Å². The van der Waals surface area contributed by atoms with Crippen LogP contribution in [0.4, 0.5) is 0 Å². The van der Waals surface area contributed by atoms with E-state index in [4.69, 9.17) is 16.3 Å². The van der Waals surface area contributed by atoms with E-state index in [1.807, 2.05) is 30.3 Å². The molecule has 0 unspecified atom stereocenters. The van der Waals surface area contributed by atoms with Crippen LogP contribution >= 0.6 is 11.6 Å². The van der Waals surface area contributed by atoms with Gasteiger partial charge in [0.25, 0.3) is 0 Å². The number of benzene rings is 2. The van der Waals surface area contributed by atoms with Crippen LogP contribution < -0.4 is 10.1 Å². The SMILES string of the molecule is Cc1ccc(Oc2cccc(Cl)c2)c(CNC2CC2)c1. The first kappa shape index (κ1) is 13.5. The fourth-order valence-electron chi connectivity index (χ4n) is 2.15. The molecule has 0 heterocycles. The molecule has 20 heavy (non-hydrogen) atoms. The van der Waals surface area contributed by atoms with E-state index < -0.39 is 0 Å². The maximum Gasteiger partial charge on any atom is 0.131 e. The zero-order valence-electron chi connectivity index (χ0n) is 11.5. The summed E-state index contributed by atoms with van der Waals surface area (Å²) < 4.78 is 5.97. The summed E-state index contributed by atoms with van der Waals surface area (Å²) in [7, 11) is 0. The Kier molecular flexibility index (Phi) is 3.95. The molecule has 1 N–H and O–H groups in total. The molecule has 0 aromatic heterocycles. The molecule has 0 radical (unpaired) electrons. The lowest BCUT2D eigenvalue weighted by Crippen LogP contribution is -2.15. The molecule has 2 aromatic carbocycles. The van der Waals surface area contributed by atoms with E-state index in [1.165, 1.54) is 24.0 Å². The van der Waals surface area contributed by atoms with Gasteiger partial charge in [-0.1, -0.05) is 35.4 Å². The van der Waals surface area contributed by atoms with Crippen LogP contribution in [0.1, 0.15) is 24.0 Å². The molecule has 104 valence electrons. The van der Waals surface area contributed by atoms with Gasteiger partial charge in [0.05, 0.1) is 0 Å². The summed E-state index contributed by atoms with van der Waals surface area (Å²) in [4.78, 5) is 0. The number of rotatable bonds is 5. The van der Waals surface area contributed by atoms with Gasteiger partial charge in [0.1, 0.15) is 11.5 Å². The molecule has 1 saturated carbocycles. The number of hydrogen-bond acceptors (Lipinski definition) is 2. The van der Waals surface area contributed by atoms with Gasteiger partial charge in [-0.05, 0) is 44.0 Å². The molecule has 0 spiro atoms. The Balaban J connectivity index is 1.79. The van der Waals surface area contributed by atoms with Gasteiger partial charge in [-0.25, -0.2) is 0 Å². The van der Waals surface area contributed by atoms with Crippen molar-refractivity contribution in [1.29, 1.82) is 0 Å². The Morgan fingerprint density at radius 2 is 2.05 bits per heavy atom. The molecule has 2 nitrogen and oxygen atoms in total. The van der Waals surface area contributed by atoms with E-state index in [0.717, 1.165) is 18.0 Å². The van der Waals surface area contributed by atoms with Crippen molar-refractivity contribution < 1.29 is 4.74 Å². The smallest absolute Gasteiger partial charge is 0.131 e. The zero-order valence-corrected chi connectivity index (χ0v) is 12.3. The van der Waals surface area contributed by atoms with Gasteiger partial charge in [0.15, 0.2) is 0 Å². The van der Waals surface area contributed by atoms with Gasteiger partial charge in [-0.2, -0.15) is 0 Å². The second kappa shape index (κ2) is 5.86. The summed E-state index contributed by atoms with van der Waals surface area (Å²) in [6.07, 6.45) is 2.58. The quantitative estimate of drug-likeness (QED) is 0.861. The molecule has 1 fully saturated rings. The minimum atomic E-state index is 0.687. The highest BCUT2D eigenvalue weighted by molar-refractivity contribution is 6.30. The summed E-state index contributed by atoms with van der Waals surface area (Å²) in [5, 5.41) is 4.22. The first-order valence-corrected chi connectivity index (χ1v) is 7.35. The van der Waals surface area contributed by atoms with Crippen LogP contribution in [0, 0.1) is 6.92 Å². The van der Waals surface area contributed by atoms with Crippen molar-refractivity contribution in [1.82, 2.24) is 5.32 Å². The Labute approximate surface area is 124 Å². The summed E-state index contributed by atoms with van der Waals surface area (Å²) in [6, 6.07) is 14.5. The molecule has 0 amide bonds. The van der Waals surface area contributed by atoms with Crippen LogP contribution in [0.15, 0.2) is 42.5 Å². The molecule has 0 aliphatic heterocycles. The predicted octanol–water partition coefficient (Wildman–Crippen LogP) is 4.69. The van der Waals surface area contributed by atoms with Crippen LogP contribution in [-0.4, -0.2) is 6.04 Å². The fraction of sp³-hybridized carbons (Fsp3) is 0.294. The maximum absolute atomic E-state index is 5.99. The summed E-state index contributed by atoms with van der Waals surface area (Å²) in [5.74, 6) is 1.67. The molecule has 3 heteroatoms. The van der Waals surface area contributed by atoms with Crippen LogP contribution in [0.5, 0.6) is 11.5 Å². The van der Waals surface area contributed by atoms with Crippen LogP contribution in [0.25, 0.3) is 0 Å². The van der Waals surface area contributed by atoms with Crippen molar-refractivity contribution >= 4 is 11.6 Å². The van der Waals surface area contributed by atoms with E-state index in [9.17, 15) is 0 Å². The first-order chi connectivity index (χ1) is 9.70.